The predicted molar refractivity (Wildman–Crippen MR) is 73.8 cm³/mol. The van der Waals surface area contributed by atoms with Crippen LogP contribution in [0.25, 0.3) is 11.0 Å². The van der Waals surface area contributed by atoms with Crippen LogP contribution in [0.4, 0.5) is 0 Å². The number of ether oxygens (including phenoxy) is 1. The summed E-state index contributed by atoms with van der Waals surface area (Å²) in [7, 11) is 0. The molecule has 0 fully saturated rings. The topological polar surface area (TPSA) is 34.4 Å². The molecular weight excluding hydrogens is 226 g/mol. The van der Waals surface area contributed by atoms with Crippen molar-refractivity contribution in [3.8, 4) is 0 Å². The van der Waals surface area contributed by atoms with E-state index in [2.05, 4.69) is 24.4 Å². The van der Waals surface area contributed by atoms with Crippen LogP contribution in [0.1, 0.15) is 25.2 Å². The van der Waals surface area contributed by atoms with Gasteiger partial charge in [0.2, 0.25) is 0 Å². The first-order chi connectivity index (χ1) is 8.86. The molecule has 0 radical (unpaired) electrons. The Hall–Kier alpha value is -1.32. The Morgan fingerprint density at radius 1 is 1.22 bits per heavy atom. The second kappa shape index (κ2) is 6.57. The zero-order valence-corrected chi connectivity index (χ0v) is 11.2. The van der Waals surface area contributed by atoms with Gasteiger partial charge in [0, 0.05) is 37.1 Å². The van der Waals surface area contributed by atoms with Gasteiger partial charge in [0.1, 0.15) is 11.3 Å². The van der Waals surface area contributed by atoms with E-state index in [4.69, 9.17) is 9.15 Å². The smallest absolute Gasteiger partial charge is 0.134 e. The molecule has 1 heterocycles. The van der Waals surface area contributed by atoms with Gasteiger partial charge in [-0.15, -0.1) is 0 Å². The second-order valence-electron chi connectivity index (χ2n) is 4.23. The van der Waals surface area contributed by atoms with E-state index in [-0.39, 0.29) is 0 Å². The first kappa shape index (κ1) is 13.1. The van der Waals surface area contributed by atoms with Crippen molar-refractivity contribution >= 4 is 11.0 Å². The maximum absolute atomic E-state index is 5.86. The van der Waals surface area contributed by atoms with Crippen LogP contribution < -0.4 is 5.32 Å². The van der Waals surface area contributed by atoms with Crippen LogP contribution in [0.2, 0.25) is 0 Å². The van der Waals surface area contributed by atoms with Gasteiger partial charge in [-0.05, 0) is 13.0 Å². The highest BCUT2D eigenvalue weighted by atomic mass is 16.5. The Kier molecular flexibility index (Phi) is 4.79. The molecule has 3 heteroatoms. The molecule has 1 aromatic carbocycles. The molecule has 0 spiro atoms. The molecule has 98 valence electrons. The van der Waals surface area contributed by atoms with E-state index in [0.717, 1.165) is 44.1 Å². The molecule has 2 rings (SSSR count). The minimum atomic E-state index is 0.758. The van der Waals surface area contributed by atoms with E-state index in [1.165, 1.54) is 10.9 Å². The molecule has 3 nitrogen and oxygen atoms in total. The highest BCUT2D eigenvalue weighted by Crippen LogP contribution is 2.25. The van der Waals surface area contributed by atoms with E-state index >= 15 is 0 Å². The quantitative estimate of drug-likeness (QED) is 0.763. The van der Waals surface area contributed by atoms with Gasteiger partial charge < -0.3 is 14.5 Å². The Labute approximate surface area is 108 Å². The molecule has 18 heavy (non-hydrogen) atoms. The molecule has 0 saturated heterocycles. The van der Waals surface area contributed by atoms with Crippen LogP contribution in [0, 0.1) is 0 Å². The third-order valence-electron chi connectivity index (χ3n) is 3.03. The number of hydrogen-bond acceptors (Lipinski definition) is 3. The standard InChI is InChI=1S/C15H21NO2/c1-3-14-13(11-16-9-10-17-4-2)12-7-5-6-8-15(12)18-14/h5-8,16H,3-4,9-11H2,1-2H3. The normalized spacial score (nSPS) is 11.2. The van der Waals surface area contributed by atoms with E-state index in [1.807, 2.05) is 19.1 Å². The van der Waals surface area contributed by atoms with Crippen molar-refractivity contribution in [2.24, 2.45) is 0 Å². The van der Waals surface area contributed by atoms with Gasteiger partial charge in [0.25, 0.3) is 0 Å². The van der Waals surface area contributed by atoms with Gasteiger partial charge in [-0.25, -0.2) is 0 Å². The van der Waals surface area contributed by atoms with E-state index in [0.29, 0.717) is 0 Å². The molecule has 0 bridgehead atoms. The number of fused-ring (bicyclic) bond motifs is 1. The maximum Gasteiger partial charge on any atom is 0.134 e. The molecule has 2 aromatic rings. The Balaban J connectivity index is 2.06. The lowest BCUT2D eigenvalue weighted by Crippen LogP contribution is -2.19. The van der Waals surface area contributed by atoms with Gasteiger partial charge in [0.05, 0.1) is 6.61 Å². The molecule has 0 amide bonds. The molecule has 0 aliphatic carbocycles. The van der Waals surface area contributed by atoms with Crippen LogP contribution in [0.5, 0.6) is 0 Å². The van der Waals surface area contributed by atoms with E-state index in [9.17, 15) is 0 Å². The summed E-state index contributed by atoms with van der Waals surface area (Å²) in [6.45, 7) is 7.38. The molecule has 1 aromatic heterocycles. The molecule has 1 N–H and O–H groups in total. The van der Waals surface area contributed by atoms with E-state index < -0.39 is 0 Å². The van der Waals surface area contributed by atoms with Gasteiger partial charge in [-0.3, -0.25) is 0 Å². The highest BCUT2D eigenvalue weighted by Gasteiger charge is 2.11. The Bertz CT molecular complexity index is 490. The van der Waals surface area contributed by atoms with Gasteiger partial charge in [-0.2, -0.15) is 0 Å². The monoisotopic (exact) mass is 247 g/mol. The number of para-hydroxylation sites is 1. The number of hydrogen-bond donors (Lipinski definition) is 1. The fourth-order valence-corrected chi connectivity index (χ4v) is 2.13. The zero-order valence-electron chi connectivity index (χ0n) is 11.2. The lowest BCUT2D eigenvalue weighted by molar-refractivity contribution is 0.149. The maximum atomic E-state index is 5.86. The first-order valence-corrected chi connectivity index (χ1v) is 6.64. The van der Waals surface area contributed by atoms with Crippen molar-refractivity contribution in [3.05, 3.63) is 35.6 Å². The lowest BCUT2D eigenvalue weighted by Gasteiger charge is -2.05. The summed E-state index contributed by atoms with van der Waals surface area (Å²) in [5.41, 5.74) is 2.26. The third kappa shape index (κ3) is 2.92. The largest absolute Gasteiger partial charge is 0.461 e. The molecule has 0 unspecified atom stereocenters. The van der Waals surface area contributed by atoms with Gasteiger partial charge in [0.15, 0.2) is 0 Å². The van der Waals surface area contributed by atoms with Crippen LogP contribution in [-0.2, 0) is 17.7 Å². The lowest BCUT2D eigenvalue weighted by atomic mass is 10.1. The summed E-state index contributed by atoms with van der Waals surface area (Å²) in [5.74, 6) is 1.08. The van der Waals surface area contributed by atoms with Crippen molar-refractivity contribution in [2.75, 3.05) is 19.8 Å². The second-order valence-corrected chi connectivity index (χ2v) is 4.23. The fraction of sp³-hybridized carbons (Fsp3) is 0.467. The number of furan rings is 1. The minimum absolute atomic E-state index is 0.758. The molecule has 0 aliphatic heterocycles. The number of rotatable bonds is 7. The average molecular weight is 247 g/mol. The summed E-state index contributed by atoms with van der Waals surface area (Å²) >= 11 is 0. The van der Waals surface area contributed by atoms with Crippen LogP contribution in [0.15, 0.2) is 28.7 Å². The van der Waals surface area contributed by atoms with Crippen LogP contribution in [-0.4, -0.2) is 19.8 Å². The van der Waals surface area contributed by atoms with E-state index in [1.54, 1.807) is 0 Å². The predicted octanol–water partition coefficient (Wildman–Crippen LogP) is 3.12. The first-order valence-electron chi connectivity index (χ1n) is 6.64. The molecule has 0 saturated carbocycles. The molecular formula is C15H21NO2. The summed E-state index contributed by atoms with van der Waals surface area (Å²) < 4.78 is 11.2. The van der Waals surface area contributed by atoms with Gasteiger partial charge >= 0.3 is 0 Å². The van der Waals surface area contributed by atoms with Crippen molar-refractivity contribution in [2.45, 2.75) is 26.8 Å². The SMILES string of the molecule is CCOCCNCc1c(CC)oc2ccccc12. The van der Waals surface area contributed by atoms with Gasteiger partial charge in [-0.1, -0.05) is 25.1 Å². The minimum Gasteiger partial charge on any atom is -0.461 e. The Morgan fingerprint density at radius 2 is 2.06 bits per heavy atom. The number of benzene rings is 1. The summed E-state index contributed by atoms with van der Waals surface area (Å²) in [4.78, 5) is 0. The van der Waals surface area contributed by atoms with Crippen LogP contribution in [0.3, 0.4) is 0 Å². The average Bonchev–Trinajstić information content (AvgIpc) is 2.77. The summed E-state index contributed by atoms with van der Waals surface area (Å²) in [6.07, 6.45) is 0.928. The Morgan fingerprint density at radius 3 is 2.83 bits per heavy atom. The summed E-state index contributed by atoms with van der Waals surface area (Å²) in [5, 5.41) is 4.63. The van der Waals surface area contributed by atoms with Crippen LogP contribution >= 0.6 is 0 Å². The van der Waals surface area contributed by atoms with Crippen molar-refractivity contribution < 1.29 is 9.15 Å². The third-order valence-corrected chi connectivity index (χ3v) is 3.03. The highest BCUT2D eigenvalue weighted by molar-refractivity contribution is 5.82. The zero-order chi connectivity index (χ0) is 12.8. The van der Waals surface area contributed by atoms with Crippen molar-refractivity contribution in [1.82, 2.24) is 5.32 Å². The number of nitrogens with one attached hydrogen (secondary N) is 1. The summed E-state index contributed by atoms with van der Waals surface area (Å²) in [6, 6.07) is 8.22. The molecule has 0 aliphatic rings. The number of aryl methyl sites for hydroxylation is 1. The van der Waals surface area contributed by atoms with Crippen molar-refractivity contribution in [1.29, 1.82) is 0 Å². The molecule has 0 atom stereocenters. The fourth-order valence-electron chi connectivity index (χ4n) is 2.13. The van der Waals surface area contributed by atoms with Crippen molar-refractivity contribution in [3.63, 3.8) is 0 Å².